The number of aromatic nitrogens is 2. The first kappa shape index (κ1) is 23.2. The predicted molar refractivity (Wildman–Crippen MR) is 135 cm³/mol. The molecule has 2 aromatic heterocycles. The normalized spacial score (nSPS) is 21.1. The third-order valence-corrected chi connectivity index (χ3v) is 8.21. The number of halogens is 1. The second-order valence-corrected chi connectivity index (χ2v) is 10.9. The maximum atomic E-state index is 13.3. The molecule has 2 unspecified atom stereocenters. The molecule has 1 aliphatic heterocycles. The Bertz CT molecular complexity index is 1270. The van der Waals surface area contributed by atoms with Gasteiger partial charge in [-0.15, -0.1) is 11.3 Å². The van der Waals surface area contributed by atoms with E-state index in [0.717, 1.165) is 66.7 Å². The molecule has 1 aliphatic carbocycles. The maximum Gasteiger partial charge on any atom is 0.267 e. The Labute approximate surface area is 207 Å². The Morgan fingerprint density at radius 2 is 2.06 bits per heavy atom. The topological polar surface area (TPSA) is 102 Å². The highest BCUT2D eigenvalue weighted by Gasteiger charge is 2.34. The minimum absolute atomic E-state index is 0.0649. The van der Waals surface area contributed by atoms with Gasteiger partial charge in [-0.1, -0.05) is 30.9 Å². The molecule has 3 aromatic rings. The molecule has 0 bridgehead atoms. The van der Waals surface area contributed by atoms with Crippen LogP contribution in [-0.2, 0) is 13.0 Å². The summed E-state index contributed by atoms with van der Waals surface area (Å²) in [7, 11) is 2.06. The van der Waals surface area contributed by atoms with Crippen molar-refractivity contribution >= 4 is 51.2 Å². The number of nitrogens with one attached hydrogen (secondary N) is 3. The fraction of sp³-hybridized carbons (Fsp3) is 0.440. The zero-order valence-electron chi connectivity index (χ0n) is 19.1. The summed E-state index contributed by atoms with van der Waals surface area (Å²) in [4.78, 5) is 37.5. The van der Waals surface area contributed by atoms with Gasteiger partial charge in [-0.05, 0) is 44.2 Å². The van der Waals surface area contributed by atoms with Crippen LogP contribution in [0.2, 0.25) is 5.02 Å². The van der Waals surface area contributed by atoms with Gasteiger partial charge in [0, 0.05) is 52.3 Å². The molecule has 1 amide bonds. The molecule has 2 aliphatic rings. The summed E-state index contributed by atoms with van der Waals surface area (Å²) in [5.74, 6) is -0.841. The van der Waals surface area contributed by atoms with Crippen molar-refractivity contribution in [1.82, 2.24) is 20.2 Å². The summed E-state index contributed by atoms with van der Waals surface area (Å²) < 4.78 is 0. The van der Waals surface area contributed by atoms with Gasteiger partial charge in [0.25, 0.3) is 5.91 Å². The Kier molecular flexibility index (Phi) is 6.55. The molecule has 7 nitrogen and oxygen atoms in total. The molecule has 1 aromatic carbocycles. The summed E-state index contributed by atoms with van der Waals surface area (Å²) in [5.41, 5.74) is 2.35. The summed E-state index contributed by atoms with van der Waals surface area (Å²) in [6, 6.07) is 6.98. The lowest BCUT2D eigenvalue weighted by Gasteiger charge is -2.26. The summed E-state index contributed by atoms with van der Waals surface area (Å²) in [6.45, 7) is 1.73. The van der Waals surface area contributed by atoms with Crippen LogP contribution < -0.4 is 5.32 Å². The first-order valence-corrected chi connectivity index (χ1v) is 13.0. The number of carbonyl (C=O) groups is 2. The highest BCUT2D eigenvalue weighted by Crippen LogP contribution is 2.29. The van der Waals surface area contributed by atoms with E-state index in [1.54, 1.807) is 12.1 Å². The van der Waals surface area contributed by atoms with Crippen LogP contribution in [0.25, 0.3) is 10.9 Å². The third kappa shape index (κ3) is 4.67. The SMILES string of the molecule is CN1CCc2nc(C(=O)C(=N)C3CCCCCC3NC(=O)c3cc4cc(Cl)ccc4[nH]3)sc2C1. The van der Waals surface area contributed by atoms with E-state index in [0.29, 0.717) is 22.1 Å². The number of amides is 1. The summed E-state index contributed by atoms with van der Waals surface area (Å²) >= 11 is 7.49. The van der Waals surface area contributed by atoms with E-state index >= 15 is 0 Å². The average Bonchev–Trinajstić information content (AvgIpc) is 3.36. The Morgan fingerprint density at radius 3 is 2.91 bits per heavy atom. The molecule has 5 rings (SSSR count). The number of hydrogen-bond donors (Lipinski definition) is 3. The molecule has 1 saturated carbocycles. The summed E-state index contributed by atoms with van der Waals surface area (Å²) in [5, 5.41) is 13.8. The molecule has 0 radical (unpaired) electrons. The number of H-pyrrole nitrogens is 1. The lowest BCUT2D eigenvalue weighted by atomic mass is 9.87. The largest absolute Gasteiger partial charge is 0.351 e. The number of fused-ring (bicyclic) bond motifs is 2. The Balaban J connectivity index is 1.34. The van der Waals surface area contributed by atoms with Crippen LogP contribution in [0.3, 0.4) is 0 Å². The average molecular weight is 498 g/mol. The van der Waals surface area contributed by atoms with Gasteiger partial charge in [-0.25, -0.2) is 4.98 Å². The van der Waals surface area contributed by atoms with Crippen LogP contribution >= 0.6 is 22.9 Å². The molecule has 34 heavy (non-hydrogen) atoms. The van der Waals surface area contributed by atoms with E-state index in [9.17, 15) is 9.59 Å². The van der Waals surface area contributed by atoms with E-state index in [2.05, 4.69) is 27.2 Å². The van der Waals surface area contributed by atoms with E-state index in [1.807, 2.05) is 12.1 Å². The van der Waals surface area contributed by atoms with E-state index in [-0.39, 0.29) is 29.4 Å². The smallest absolute Gasteiger partial charge is 0.267 e. The maximum absolute atomic E-state index is 13.3. The van der Waals surface area contributed by atoms with Crippen LogP contribution in [0.1, 0.15) is 63.0 Å². The first-order chi connectivity index (χ1) is 16.4. The van der Waals surface area contributed by atoms with Gasteiger partial charge in [0.15, 0.2) is 5.01 Å². The van der Waals surface area contributed by atoms with Crippen molar-refractivity contribution < 1.29 is 9.59 Å². The first-order valence-electron chi connectivity index (χ1n) is 11.8. The number of Topliss-reactive ketones (excluding diaryl/α,β-unsaturated/α-hetero) is 1. The van der Waals surface area contributed by atoms with Crippen molar-refractivity contribution in [3.05, 3.63) is 50.6 Å². The molecular weight excluding hydrogens is 470 g/mol. The number of rotatable bonds is 5. The highest BCUT2D eigenvalue weighted by molar-refractivity contribution is 7.14. The van der Waals surface area contributed by atoms with Gasteiger partial charge in [-0.3, -0.25) is 9.59 Å². The van der Waals surface area contributed by atoms with Gasteiger partial charge in [0.05, 0.1) is 11.4 Å². The third-order valence-electron chi connectivity index (χ3n) is 6.89. The highest BCUT2D eigenvalue weighted by atomic mass is 35.5. The van der Waals surface area contributed by atoms with Gasteiger partial charge in [0.1, 0.15) is 5.69 Å². The number of hydrogen-bond acceptors (Lipinski definition) is 6. The van der Waals surface area contributed by atoms with Crippen LogP contribution in [0.5, 0.6) is 0 Å². The number of carbonyl (C=O) groups excluding carboxylic acids is 2. The monoisotopic (exact) mass is 497 g/mol. The Hall–Kier alpha value is -2.55. The number of aromatic amines is 1. The van der Waals surface area contributed by atoms with Crippen molar-refractivity contribution in [3.8, 4) is 0 Å². The molecule has 0 saturated heterocycles. The van der Waals surface area contributed by atoms with Crippen LogP contribution in [0.15, 0.2) is 24.3 Å². The second kappa shape index (κ2) is 9.60. The molecular formula is C25H28ClN5O2S. The zero-order chi connectivity index (χ0) is 23.8. The minimum atomic E-state index is -0.318. The van der Waals surface area contributed by atoms with Gasteiger partial charge < -0.3 is 20.6 Å². The van der Waals surface area contributed by atoms with Crippen molar-refractivity contribution in [2.75, 3.05) is 13.6 Å². The van der Waals surface area contributed by atoms with Crippen molar-refractivity contribution in [2.45, 2.75) is 51.1 Å². The molecule has 3 heterocycles. The molecule has 2 atom stereocenters. The zero-order valence-corrected chi connectivity index (χ0v) is 20.7. The number of thiazole rings is 1. The lowest BCUT2D eigenvalue weighted by Crippen LogP contribution is -2.44. The van der Waals surface area contributed by atoms with E-state index < -0.39 is 0 Å². The van der Waals surface area contributed by atoms with Gasteiger partial charge >= 0.3 is 0 Å². The molecule has 1 fully saturated rings. The quantitative estimate of drug-likeness (QED) is 0.266. The van der Waals surface area contributed by atoms with Crippen LogP contribution in [-0.4, -0.2) is 51.9 Å². The predicted octanol–water partition coefficient (Wildman–Crippen LogP) is 4.85. The fourth-order valence-corrected chi connectivity index (χ4v) is 6.32. The van der Waals surface area contributed by atoms with Gasteiger partial charge in [-0.2, -0.15) is 0 Å². The van der Waals surface area contributed by atoms with Crippen LogP contribution in [0, 0.1) is 11.3 Å². The van der Waals surface area contributed by atoms with Crippen molar-refractivity contribution in [2.24, 2.45) is 5.92 Å². The van der Waals surface area contributed by atoms with E-state index in [1.165, 1.54) is 11.3 Å². The van der Waals surface area contributed by atoms with Crippen molar-refractivity contribution in [1.29, 1.82) is 5.41 Å². The second-order valence-electron chi connectivity index (χ2n) is 9.36. The lowest BCUT2D eigenvalue weighted by molar-refractivity contribution is 0.0918. The number of nitrogens with zero attached hydrogens (tertiary/aromatic N) is 2. The number of likely N-dealkylation sites (N-methyl/N-ethyl adjacent to an activating group) is 1. The van der Waals surface area contributed by atoms with Crippen molar-refractivity contribution in [3.63, 3.8) is 0 Å². The molecule has 0 spiro atoms. The Morgan fingerprint density at radius 1 is 1.24 bits per heavy atom. The van der Waals surface area contributed by atoms with Gasteiger partial charge in [0.2, 0.25) is 5.78 Å². The van der Waals surface area contributed by atoms with E-state index in [4.69, 9.17) is 17.0 Å². The summed E-state index contributed by atoms with van der Waals surface area (Å²) in [6.07, 6.45) is 5.23. The minimum Gasteiger partial charge on any atom is -0.351 e. The number of benzene rings is 1. The molecule has 178 valence electrons. The molecule has 3 N–H and O–H groups in total. The van der Waals surface area contributed by atoms with Crippen LogP contribution in [0.4, 0.5) is 0 Å². The molecule has 9 heteroatoms. The fourth-order valence-electron chi connectivity index (χ4n) is 5.00. The standard InChI is InChI=1S/C25H28ClN5O2S/c1-31-10-9-19-21(13-31)34-25(30-19)23(32)22(27)16-5-3-2-4-6-18(16)29-24(33)20-12-14-11-15(26)7-8-17(14)28-20/h7-8,11-12,16,18,27-28H,2-6,9-10,13H2,1H3,(H,29,33). The number of ketones is 1.